The zero-order valence-electron chi connectivity index (χ0n) is 8.40. The molecule has 0 aromatic carbocycles. The van der Waals surface area contributed by atoms with E-state index < -0.39 is 15.6 Å². The number of rotatable bonds is 2. The summed E-state index contributed by atoms with van der Waals surface area (Å²) in [5.41, 5.74) is -5.45. The fourth-order valence-corrected chi connectivity index (χ4v) is 2.20. The van der Waals surface area contributed by atoms with E-state index in [0.717, 1.165) is 6.20 Å². The van der Waals surface area contributed by atoms with Gasteiger partial charge < -0.3 is 9.08 Å². The summed E-state index contributed by atoms with van der Waals surface area (Å²) in [6.45, 7) is 0. The number of amides is 1. The molecule has 17 heavy (non-hydrogen) atoms. The number of alkyl halides is 3. The number of nitrogens with zero attached hydrogens (tertiary/aromatic N) is 1. The molecule has 0 aromatic heterocycles. The second-order valence-electron chi connectivity index (χ2n) is 3.78. The highest BCUT2D eigenvalue weighted by atomic mass is 32.2. The maximum absolute atomic E-state index is 12.0. The third-order valence-electron chi connectivity index (χ3n) is 2.60. The Kier molecular flexibility index (Phi) is 2.60. The molecule has 1 atom stereocenters. The van der Waals surface area contributed by atoms with Gasteiger partial charge in [-0.05, 0) is 6.42 Å². The normalized spacial score (nSPS) is 24.9. The lowest BCUT2D eigenvalue weighted by atomic mass is 9.94. The van der Waals surface area contributed by atoms with Crippen molar-refractivity contribution in [2.75, 3.05) is 0 Å². The van der Waals surface area contributed by atoms with Gasteiger partial charge in [0.15, 0.2) is 0 Å². The van der Waals surface area contributed by atoms with Gasteiger partial charge in [0, 0.05) is 25.1 Å². The molecule has 0 bridgehead atoms. The average Bonchev–Trinajstić information content (AvgIpc) is 2.17. The summed E-state index contributed by atoms with van der Waals surface area (Å²) in [4.78, 5) is 12.2. The third-order valence-corrected chi connectivity index (χ3v) is 3.60. The van der Waals surface area contributed by atoms with E-state index in [1.165, 1.54) is 4.90 Å². The van der Waals surface area contributed by atoms with Gasteiger partial charge in [-0.2, -0.15) is 21.6 Å². The first-order valence-corrected chi connectivity index (χ1v) is 6.14. The molecule has 0 aliphatic carbocycles. The highest BCUT2D eigenvalue weighted by Gasteiger charge is 2.49. The van der Waals surface area contributed by atoms with E-state index in [1.54, 1.807) is 0 Å². The van der Waals surface area contributed by atoms with E-state index in [4.69, 9.17) is 0 Å². The van der Waals surface area contributed by atoms with Gasteiger partial charge in [-0.3, -0.25) is 4.79 Å². The number of hydrogen-bond acceptors (Lipinski definition) is 4. The maximum atomic E-state index is 12.0. The molecule has 1 fully saturated rings. The molecule has 2 heterocycles. The Morgan fingerprint density at radius 1 is 1.41 bits per heavy atom. The van der Waals surface area contributed by atoms with Crippen LogP contribution in [0.15, 0.2) is 12.0 Å². The van der Waals surface area contributed by atoms with Crippen molar-refractivity contribution in [2.24, 2.45) is 0 Å². The van der Waals surface area contributed by atoms with E-state index in [0.29, 0.717) is 12.8 Å². The maximum Gasteiger partial charge on any atom is 0.534 e. The van der Waals surface area contributed by atoms with Crippen LogP contribution in [0, 0.1) is 0 Å². The number of carbonyl (C=O) groups excluding carboxylic acids is 1. The number of fused-ring (bicyclic) bond motifs is 1. The lowest BCUT2D eigenvalue weighted by Crippen LogP contribution is -2.51. The summed E-state index contributed by atoms with van der Waals surface area (Å²) >= 11 is 0. The van der Waals surface area contributed by atoms with Crippen molar-refractivity contribution < 1.29 is 30.6 Å². The van der Waals surface area contributed by atoms with Crippen LogP contribution in [0.4, 0.5) is 13.2 Å². The third kappa shape index (κ3) is 2.11. The SMILES string of the molecule is O=C1C[C@H]2CCC(OS(=O)(=O)C(F)(F)F)=CN12. The molecule has 2 aliphatic heterocycles. The van der Waals surface area contributed by atoms with Crippen LogP contribution in [0.5, 0.6) is 0 Å². The molecule has 0 spiro atoms. The van der Waals surface area contributed by atoms with E-state index >= 15 is 0 Å². The summed E-state index contributed by atoms with van der Waals surface area (Å²) in [6.07, 6.45) is 1.85. The molecule has 0 radical (unpaired) electrons. The van der Waals surface area contributed by atoms with Crippen LogP contribution in [0.25, 0.3) is 0 Å². The van der Waals surface area contributed by atoms with Crippen LogP contribution >= 0.6 is 0 Å². The van der Waals surface area contributed by atoms with E-state index in [2.05, 4.69) is 4.18 Å². The molecule has 96 valence electrons. The molecule has 1 saturated heterocycles. The van der Waals surface area contributed by atoms with Gasteiger partial charge >= 0.3 is 15.6 Å². The van der Waals surface area contributed by atoms with Crippen molar-refractivity contribution in [1.82, 2.24) is 4.90 Å². The van der Waals surface area contributed by atoms with E-state index in [-0.39, 0.29) is 24.1 Å². The number of halogens is 3. The Morgan fingerprint density at radius 3 is 2.59 bits per heavy atom. The summed E-state index contributed by atoms with van der Waals surface area (Å²) in [6, 6.07) is -0.0385. The van der Waals surface area contributed by atoms with Crippen molar-refractivity contribution in [1.29, 1.82) is 0 Å². The first-order valence-electron chi connectivity index (χ1n) is 4.73. The summed E-state index contributed by atoms with van der Waals surface area (Å²) in [5.74, 6) is -0.605. The van der Waals surface area contributed by atoms with Crippen LogP contribution < -0.4 is 0 Å². The van der Waals surface area contributed by atoms with Crippen LogP contribution in [0.2, 0.25) is 0 Å². The van der Waals surface area contributed by atoms with Crippen molar-refractivity contribution >= 4 is 16.0 Å². The predicted molar refractivity (Wildman–Crippen MR) is 48.6 cm³/mol. The van der Waals surface area contributed by atoms with Crippen LogP contribution in [-0.2, 0) is 19.1 Å². The Bertz CT molecular complexity index is 481. The molecule has 5 nitrogen and oxygen atoms in total. The molecular formula is C8H8F3NO4S. The van der Waals surface area contributed by atoms with E-state index in [1.807, 2.05) is 0 Å². The van der Waals surface area contributed by atoms with Crippen molar-refractivity contribution in [2.45, 2.75) is 30.8 Å². The Balaban J connectivity index is 2.13. The molecular weight excluding hydrogens is 263 g/mol. The summed E-state index contributed by atoms with van der Waals surface area (Å²) < 4.78 is 61.5. The zero-order valence-corrected chi connectivity index (χ0v) is 9.21. The first kappa shape index (κ1) is 12.2. The molecule has 1 amide bonds. The van der Waals surface area contributed by atoms with Crippen molar-refractivity contribution in [3.8, 4) is 0 Å². The molecule has 0 saturated carbocycles. The highest BCUT2D eigenvalue weighted by Crippen LogP contribution is 2.34. The average molecular weight is 271 g/mol. The molecule has 2 aliphatic rings. The Hall–Kier alpha value is -1.25. The molecule has 9 heteroatoms. The number of β-lactam (4-membered cyclic amide) rings is 1. The predicted octanol–water partition coefficient (Wildman–Crippen LogP) is 1.09. The smallest absolute Gasteiger partial charge is 0.379 e. The van der Waals surface area contributed by atoms with Crippen LogP contribution in [0.3, 0.4) is 0 Å². The van der Waals surface area contributed by atoms with Gasteiger partial charge in [0.1, 0.15) is 5.76 Å². The monoisotopic (exact) mass is 271 g/mol. The number of carbonyl (C=O) groups is 1. The van der Waals surface area contributed by atoms with Crippen LogP contribution in [-0.4, -0.2) is 30.8 Å². The van der Waals surface area contributed by atoms with Gasteiger partial charge in [-0.1, -0.05) is 0 Å². The summed E-state index contributed by atoms with van der Waals surface area (Å²) in [5, 5.41) is 0. The highest BCUT2D eigenvalue weighted by molar-refractivity contribution is 7.87. The van der Waals surface area contributed by atoms with Crippen molar-refractivity contribution in [3.63, 3.8) is 0 Å². The van der Waals surface area contributed by atoms with Crippen molar-refractivity contribution in [3.05, 3.63) is 12.0 Å². The lowest BCUT2D eigenvalue weighted by Gasteiger charge is -2.41. The Labute approximate surface area is 95.0 Å². The van der Waals surface area contributed by atoms with Crippen LogP contribution in [0.1, 0.15) is 19.3 Å². The quantitative estimate of drug-likeness (QED) is 0.428. The fourth-order valence-electron chi connectivity index (χ4n) is 1.69. The second-order valence-corrected chi connectivity index (χ2v) is 5.31. The van der Waals surface area contributed by atoms with Gasteiger partial charge in [-0.25, -0.2) is 0 Å². The topological polar surface area (TPSA) is 63.7 Å². The molecule has 0 aromatic rings. The van der Waals surface area contributed by atoms with Gasteiger partial charge in [-0.15, -0.1) is 0 Å². The molecule has 0 unspecified atom stereocenters. The van der Waals surface area contributed by atoms with Gasteiger partial charge in [0.05, 0.1) is 0 Å². The largest absolute Gasteiger partial charge is 0.534 e. The van der Waals surface area contributed by atoms with E-state index in [9.17, 15) is 26.4 Å². The zero-order chi connectivity index (χ0) is 12.8. The number of hydrogen-bond donors (Lipinski definition) is 0. The minimum Gasteiger partial charge on any atom is -0.379 e. The standard InChI is InChI=1S/C8H8F3NO4S/c9-8(10,11)17(14,15)16-6-2-1-5-3-7(13)12(5)4-6/h4-5H,1-3H2/t5-/m1/s1. The second kappa shape index (κ2) is 3.62. The summed E-state index contributed by atoms with van der Waals surface area (Å²) in [7, 11) is -5.64. The molecule has 2 rings (SSSR count). The first-order chi connectivity index (χ1) is 7.71. The molecule has 0 N–H and O–H groups in total. The van der Waals surface area contributed by atoms with Gasteiger partial charge in [0.2, 0.25) is 5.91 Å². The minimum absolute atomic E-state index is 0.0385. The lowest BCUT2D eigenvalue weighted by molar-refractivity contribution is -0.142. The Morgan fingerprint density at radius 2 is 2.06 bits per heavy atom. The number of allylic oxidation sites excluding steroid dienone is 1. The minimum atomic E-state index is -5.64. The van der Waals surface area contributed by atoms with Gasteiger partial charge in [0.25, 0.3) is 0 Å². The fraction of sp³-hybridized carbons (Fsp3) is 0.625.